The van der Waals surface area contributed by atoms with Crippen LogP contribution in [0.25, 0.3) is 0 Å². The van der Waals surface area contributed by atoms with Gasteiger partial charge >= 0.3 is 11.9 Å². The van der Waals surface area contributed by atoms with Crippen molar-refractivity contribution in [2.75, 3.05) is 14.2 Å². The van der Waals surface area contributed by atoms with E-state index in [4.69, 9.17) is 0 Å². The minimum absolute atomic E-state index is 0.321. The van der Waals surface area contributed by atoms with Crippen LogP contribution in [0, 0.1) is 11.8 Å². The first-order valence-electron chi connectivity index (χ1n) is 4.46. The number of ether oxygens (including phenoxy) is 2. The lowest BCUT2D eigenvalue weighted by Gasteiger charge is -2.00. The van der Waals surface area contributed by atoms with Crippen LogP contribution < -0.4 is 0 Å². The Bertz CT molecular complexity index is 465. The van der Waals surface area contributed by atoms with Gasteiger partial charge in [0.05, 0.1) is 19.8 Å². The van der Waals surface area contributed by atoms with Crippen molar-refractivity contribution in [3.63, 3.8) is 0 Å². The van der Waals surface area contributed by atoms with Gasteiger partial charge in [0.25, 0.3) is 0 Å². The number of hydrogen-bond donors (Lipinski definition) is 0. The van der Waals surface area contributed by atoms with E-state index in [0.29, 0.717) is 11.1 Å². The van der Waals surface area contributed by atoms with Gasteiger partial charge in [0.1, 0.15) is 0 Å². The molecule has 0 saturated carbocycles. The molecule has 4 heteroatoms. The SMILES string of the molecule is COC(=O)C#Cc1ccccc1C(=O)OC. The second kappa shape index (κ2) is 5.56. The van der Waals surface area contributed by atoms with E-state index in [1.54, 1.807) is 24.3 Å². The quantitative estimate of drug-likeness (QED) is 0.521. The molecule has 1 aromatic rings. The molecule has 82 valence electrons. The Hall–Kier alpha value is -2.28. The van der Waals surface area contributed by atoms with Gasteiger partial charge in [-0.05, 0) is 12.1 Å². The van der Waals surface area contributed by atoms with Crippen LogP contribution in [0.15, 0.2) is 24.3 Å². The van der Waals surface area contributed by atoms with Gasteiger partial charge in [-0.15, -0.1) is 0 Å². The molecule has 0 fully saturated rings. The van der Waals surface area contributed by atoms with Crippen LogP contribution in [-0.4, -0.2) is 26.2 Å². The lowest BCUT2D eigenvalue weighted by atomic mass is 10.1. The summed E-state index contributed by atoms with van der Waals surface area (Å²) in [5, 5.41) is 0. The van der Waals surface area contributed by atoms with E-state index in [1.165, 1.54) is 14.2 Å². The summed E-state index contributed by atoms with van der Waals surface area (Å²) in [6.07, 6.45) is 0. The van der Waals surface area contributed by atoms with Gasteiger partial charge in [0, 0.05) is 11.5 Å². The maximum atomic E-state index is 11.3. The monoisotopic (exact) mass is 218 g/mol. The van der Waals surface area contributed by atoms with Crippen LogP contribution in [0.3, 0.4) is 0 Å². The molecule has 0 aliphatic heterocycles. The van der Waals surface area contributed by atoms with E-state index >= 15 is 0 Å². The smallest absolute Gasteiger partial charge is 0.384 e. The average molecular weight is 218 g/mol. The highest BCUT2D eigenvalue weighted by Crippen LogP contribution is 2.08. The summed E-state index contributed by atoms with van der Waals surface area (Å²) in [5.41, 5.74) is 0.751. The molecule has 0 heterocycles. The average Bonchev–Trinajstić information content (AvgIpc) is 2.35. The molecule has 0 bridgehead atoms. The highest BCUT2D eigenvalue weighted by Gasteiger charge is 2.08. The summed E-state index contributed by atoms with van der Waals surface area (Å²) in [7, 11) is 2.52. The number of carbonyl (C=O) groups excluding carboxylic acids is 2. The first-order valence-corrected chi connectivity index (χ1v) is 4.46. The highest BCUT2D eigenvalue weighted by molar-refractivity contribution is 5.94. The van der Waals surface area contributed by atoms with Gasteiger partial charge in [0.15, 0.2) is 0 Å². The minimum Gasteiger partial charge on any atom is -0.465 e. The summed E-state index contributed by atoms with van der Waals surface area (Å²) >= 11 is 0. The largest absolute Gasteiger partial charge is 0.465 e. The summed E-state index contributed by atoms with van der Waals surface area (Å²) in [6, 6.07) is 6.61. The van der Waals surface area contributed by atoms with Crippen LogP contribution in [0.1, 0.15) is 15.9 Å². The Balaban J connectivity index is 3.07. The zero-order valence-electron chi connectivity index (χ0n) is 8.94. The van der Waals surface area contributed by atoms with Gasteiger partial charge in [-0.1, -0.05) is 18.1 Å². The molecule has 0 aromatic heterocycles. The minimum atomic E-state index is -0.653. The Labute approximate surface area is 93.2 Å². The van der Waals surface area contributed by atoms with E-state index in [0.717, 1.165) is 0 Å². The van der Waals surface area contributed by atoms with E-state index in [1.807, 2.05) is 0 Å². The maximum absolute atomic E-state index is 11.3. The molecule has 0 unspecified atom stereocenters. The summed E-state index contributed by atoms with van der Waals surface area (Å²) in [4.78, 5) is 22.2. The van der Waals surface area contributed by atoms with E-state index in [2.05, 4.69) is 21.3 Å². The van der Waals surface area contributed by atoms with Crippen molar-refractivity contribution in [1.82, 2.24) is 0 Å². The van der Waals surface area contributed by atoms with Crippen molar-refractivity contribution < 1.29 is 19.1 Å². The molecule has 0 aliphatic carbocycles. The molecule has 16 heavy (non-hydrogen) atoms. The standard InChI is InChI=1S/C12H10O4/c1-15-11(13)8-7-9-5-3-4-6-10(9)12(14)16-2/h3-6H,1-2H3. The normalized spacial score (nSPS) is 8.62. The number of hydrogen-bond acceptors (Lipinski definition) is 4. The summed E-state index contributed by atoms with van der Waals surface area (Å²) < 4.78 is 8.96. The Morgan fingerprint density at radius 2 is 1.81 bits per heavy atom. The molecular weight excluding hydrogens is 208 g/mol. The number of esters is 2. The molecule has 4 nitrogen and oxygen atoms in total. The summed E-state index contributed by atoms with van der Waals surface area (Å²) in [6.45, 7) is 0. The third kappa shape index (κ3) is 2.85. The molecule has 0 aliphatic rings. The zero-order valence-corrected chi connectivity index (χ0v) is 8.94. The number of carbonyl (C=O) groups is 2. The summed E-state index contributed by atoms with van der Waals surface area (Å²) in [5.74, 6) is 3.66. The van der Waals surface area contributed by atoms with Crippen molar-refractivity contribution in [1.29, 1.82) is 0 Å². The van der Waals surface area contributed by atoms with Crippen molar-refractivity contribution in [3.05, 3.63) is 35.4 Å². The van der Waals surface area contributed by atoms with Gasteiger partial charge in [-0.2, -0.15) is 0 Å². The third-order valence-electron chi connectivity index (χ3n) is 1.82. The second-order valence-corrected chi connectivity index (χ2v) is 2.78. The number of benzene rings is 1. The van der Waals surface area contributed by atoms with Crippen LogP contribution in [0.5, 0.6) is 0 Å². The van der Waals surface area contributed by atoms with E-state index in [9.17, 15) is 9.59 Å². The predicted octanol–water partition coefficient (Wildman–Crippen LogP) is 0.998. The molecule has 1 aromatic carbocycles. The van der Waals surface area contributed by atoms with Gasteiger partial charge in [-0.25, -0.2) is 9.59 Å². The lowest BCUT2D eigenvalue weighted by Crippen LogP contribution is -2.04. The molecular formula is C12H10O4. The lowest BCUT2D eigenvalue weighted by molar-refractivity contribution is -0.133. The van der Waals surface area contributed by atoms with Crippen LogP contribution >= 0.6 is 0 Å². The first kappa shape index (κ1) is 11.8. The fraction of sp³-hybridized carbons (Fsp3) is 0.167. The zero-order chi connectivity index (χ0) is 12.0. The Morgan fingerprint density at radius 1 is 1.12 bits per heavy atom. The van der Waals surface area contributed by atoms with Crippen molar-refractivity contribution in [2.24, 2.45) is 0 Å². The van der Waals surface area contributed by atoms with Crippen LogP contribution in [-0.2, 0) is 14.3 Å². The molecule has 0 spiro atoms. The molecule has 0 saturated heterocycles. The van der Waals surface area contributed by atoms with Gasteiger partial charge in [0.2, 0.25) is 0 Å². The molecule has 0 radical (unpaired) electrons. The maximum Gasteiger partial charge on any atom is 0.384 e. The fourth-order valence-electron chi connectivity index (χ4n) is 1.05. The topological polar surface area (TPSA) is 52.6 Å². The molecule has 0 atom stereocenters. The third-order valence-corrected chi connectivity index (χ3v) is 1.82. The predicted molar refractivity (Wildman–Crippen MR) is 56.7 cm³/mol. The number of methoxy groups -OCH3 is 2. The van der Waals surface area contributed by atoms with Crippen molar-refractivity contribution in [3.8, 4) is 11.8 Å². The van der Waals surface area contributed by atoms with Crippen LogP contribution in [0.2, 0.25) is 0 Å². The highest BCUT2D eigenvalue weighted by atomic mass is 16.5. The Morgan fingerprint density at radius 3 is 2.44 bits per heavy atom. The number of rotatable bonds is 1. The van der Waals surface area contributed by atoms with Gasteiger partial charge in [-0.3, -0.25) is 0 Å². The van der Waals surface area contributed by atoms with Crippen molar-refractivity contribution >= 4 is 11.9 Å². The molecule has 0 N–H and O–H groups in total. The Kier molecular flexibility index (Phi) is 4.10. The molecule has 0 amide bonds. The van der Waals surface area contributed by atoms with Crippen molar-refractivity contribution in [2.45, 2.75) is 0 Å². The molecule has 1 rings (SSSR count). The van der Waals surface area contributed by atoms with E-state index in [-0.39, 0.29) is 0 Å². The first-order chi connectivity index (χ1) is 7.69. The second-order valence-electron chi connectivity index (χ2n) is 2.78. The van der Waals surface area contributed by atoms with E-state index < -0.39 is 11.9 Å². The van der Waals surface area contributed by atoms with Gasteiger partial charge < -0.3 is 9.47 Å². The van der Waals surface area contributed by atoms with Crippen LogP contribution in [0.4, 0.5) is 0 Å². The fourth-order valence-corrected chi connectivity index (χ4v) is 1.05.